The van der Waals surface area contributed by atoms with Gasteiger partial charge in [-0.15, -0.1) is 0 Å². The minimum atomic E-state index is 0.00104. The van der Waals surface area contributed by atoms with Crippen LogP contribution in [0.1, 0.15) is 6.92 Å². The highest BCUT2D eigenvalue weighted by molar-refractivity contribution is 5.35. The number of hydrogen-bond acceptors (Lipinski definition) is 4. The summed E-state index contributed by atoms with van der Waals surface area (Å²) in [5.74, 6) is 0.568. The molecule has 0 saturated carbocycles. The number of ether oxygens (including phenoxy) is 2. The van der Waals surface area contributed by atoms with Gasteiger partial charge in [-0.05, 0) is 13.0 Å². The first-order chi connectivity index (χ1) is 6.22. The van der Waals surface area contributed by atoms with Gasteiger partial charge in [0, 0.05) is 13.2 Å². The molecule has 0 spiro atoms. The zero-order chi connectivity index (χ0) is 9.68. The third kappa shape index (κ3) is 3.29. The van der Waals surface area contributed by atoms with Crippen LogP contribution in [0.25, 0.3) is 0 Å². The Bertz CT molecular complexity index is 248. The lowest BCUT2D eigenvalue weighted by molar-refractivity contribution is 0.0890. The van der Waals surface area contributed by atoms with Crippen molar-refractivity contribution in [3.63, 3.8) is 0 Å². The first kappa shape index (κ1) is 9.80. The van der Waals surface area contributed by atoms with Crippen LogP contribution in [0.15, 0.2) is 18.3 Å². The van der Waals surface area contributed by atoms with E-state index < -0.39 is 0 Å². The number of pyridine rings is 1. The van der Waals surface area contributed by atoms with E-state index in [2.05, 4.69) is 4.98 Å². The van der Waals surface area contributed by atoms with Crippen LogP contribution in [-0.4, -0.2) is 24.8 Å². The molecule has 2 N–H and O–H groups in total. The number of rotatable bonds is 4. The van der Waals surface area contributed by atoms with Crippen molar-refractivity contribution in [2.45, 2.75) is 13.0 Å². The van der Waals surface area contributed by atoms with E-state index >= 15 is 0 Å². The maximum absolute atomic E-state index is 5.47. The van der Waals surface area contributed by atoms with Gasteiger partial charge in [-0.3, -0.25) is 0 Å². The van der Waals surface area contributed by atoms with Crippen molar-refractivity contribution in [1.82, 2.24) is 4.98 Å². The molecule has 1 aromatic rings. The molecule has 0 radical (unpaired) electrons. The Hall–Kier alpha value is -1.29. The zero-order valence-electron chi connectivity index (χ0n) is 7.86. The average Bonchev–Trinajstić information content (AvgIpc) is 2.09. The Morgan fingerprint density at radius 3 is 2.85 bits per heavy atom. The fraction of sp³-hybridized carbons (Fsp3) is 0.444. The molecule has 1 unspecified atom stereocenters. The summed E-state index contributed by atoms with van der Waals surface area (Å²) in [4.78, 5) is 4.00. The Morgan fingerprint density at radius 2 is 2.31 bits per heavy atom. The lowest BCUT2D eigenvalue weighted by atomic mass is 10.4. The zero-order valence-corrected chi connectivity index (χ0v) is 7.86. The molecule has 0 saturated heterocycles. The standard InChI is InChI=1S/C9H14N2O2/c1-7(6-12-2)13-9-4-3-8(10)5-11-9/h3-5,7H,6,10H2,1-2H3. The van der Waals surface area contributed by atoms with E-state index in [0.717, 1.165) is 0 Å². The van der Waals surface area contributed by atoms with Gasteiger partial charge in [-0.1, -0.05) is 0 Å². The van der Waals surface area contributed by atoms with Gasteiger partial charge < -0.3 is 15.2 Å². The van der Waals surface area contributed by atoms with Crippen LogP contribution < -0.4 is 10.5 Å². The largest absolute Gasteiger partial charge is 0.472 e. The molecule has 4 nitrogen and oxygen atoms in total. The first-order valence-electron chi connectivity index (χ1n) is 4.09. The topological polar surface area (TPSA) is 57.4 Å². The van der Waals surface area contributed by atoms with Crippen molar-refractivity contribution in [1.29, 1.82) is 0 Å². The summed E-state index contributed by atoms with van der Waals surface area (Å²) in [6, 6.07) is 3.49. The van der Waals surface area contributed by atoms with Crippen LogP contribution in [0.3, 0.4) is 0 Å². The molecular weight excluding hydrogens is 168 g/mol. The monoisotopic (exact) mass is 182 g/mol. The molecular formula is C9H14N2O2. The minimum Gasteiger partial charge on any atom is -0.472 e. The second kappa shape index (κ2) is 4.67. The molecule has 0 bridgehead atoms. The maximum atomic E-state index is 5.47. The van der Waals surface area contributed by atoms with Crippen LogP contribution in [0.2, 0.25) is 0 Å². The third-order valence-electron chi connectivity index (χ3n) is 1.48. The summed E-state index contributed by atoms with van der Waals surface area (Å²) >= 11 is 0. The van der Waals surface area contributed by atoms with Gasteiger partial charge in [-0.25, -0.2) is 4.98 Å². The van der Waals surface area contributed by atoms with Crippen LogP contribution >= 0.6 is 0 Å². The van der Waals surface area contributed by atoms with Crippen LogP contribution in [0.4, 0.5) is 5.69 Å². The summed E-state index contributed by atoms with van der Waals surface area (Å²) in [5.41, 5.74) is 6.10. The molecule has 0 aliphatic rings. The normalized spacial score (nSPS) is 12.5. The second-order valence-electron chi connectivity index (χ2n) is 2.81. The van der Waals surface area contributed by atoms with Crippen molar-refractivity contribution in [3.8, 4) is 5.88 Å². The molecule has 0 aliphatic carbocycles. The molecule has 0 aliphatic heterocycles. The fourth-order valence-electron chi connectivity index (χ4n) is 0.936. The maximum Gasteiger partial charge on any atom is 0.213 e. The second-order valence-corrected chi connectivity index (χ2v) is 2.81. The summed E-state index contributed by atoms with van der Waals surface area (Å²) in [7, 11) is 1.64. The highest BCUT2D eigenvalue weighted by atomic mass is 16.5. The number of hydrogen-bond donors (Lipinski definition) is 1. The Morgan fingerprint density at radius 1 is 1.54 bits per heavy atom. The lowest BCUT2D eigenvalue weighted by Gasteiger charge is -2.12. The number of anilines is 1. The number of nitrogens with two attached hydrogens (primary N) is 1. The molecule has 1 rings (SSSR count). The van der Waals surface area contributed by atoms with E-state index in [1.54, 1.807) is 25.4 Å². The molecule has 0 aromatic carbocycles. The van der Waals surface area contributed by atoms with E-state index in [-0.39, 0.29) is 6.10 Å². The van der Waals surface area contributed by atoms with Gasteiger partial charge in [0.2, 0.25) is 5.88 Å². The van der Waals surface area contributed by atoms with Gasteiger partial charge in [0.1, 0.15) is 6.10 Å². The van der Waals surface area contributed by atoms with Gasteiger partial charge in [0.15, 0.2) is 0 Å². The molecule has 13 heavy (non-hydrogen) atoms. The SMILES string of the molecule is COCC(C)Oc1ccc(N)cn1. The Balaban J connectivity index is 2.49. The fourth-order valence-corrected chi connectivity index (χ4v) is 0.936. The number of aromatic nitrogens is 1. The van der Waals surface area contributed by atoms with Crippen molar-refractivity contribution in [2.24, 2.45) is 0 Å². The van der Waals surface area contributed by atoms with Crippen LogP contribution in [0, 0.1) is 0 Å². The van der Waals surface area contributed by atoms with Gasteiger partial charge in [0.05, 0.1) is 18.5 Å². The quantitative estimate of drug-likeness (QED) is 0.757. The molecule has 72 valence electrons. The number of methoxy groups -OCH3 is 1. The van der Waals surface area contributed by atoms with E-state index in [1.807, 2.05) is 6.92 Å². The lowest BCUT2D eigenvalue weighted by Crippen LogP contribution is -2.18. The number of nitrogen functional groups attached to an aromatic ring is 1. The van der Waals surface area contributed by atoms with Gasteiger partial charge >= 0.3 is 0 Å². The highest BCUT2D eigenvalue weighted by Gasteiger charge is 2.03. The van der Waals surface area contributed by atoms with Crippen molar-refractivity contribution >= 4 is 5.69 Å². The molecule has 4 heteroatoms. The number of nitrogens with zero attached hydrogens (tertiary/aromatic N) is 1. The summed E-state index contributed by atoms with van der Waals surface area (Å²) < 4.78 is 10.3. The summed E-state index contributed by atoms with van der Waals surface area (Å²) in [6.07, 6.45) is 1.57. The Labute approximate surface area is 77.7 Å². The van der Waals surface area contributed by atoms with Crippen molar-refractivity contribution < 1.29 is 9.47 Å². The minimum absolute atomic E-state index is 0.00104. The molecule has 1 atom stereocenters. The van der Waals surface area contributed by atoms with E-state index in [4.69, 9.17) is 15.2 Å². The molecule has 0 fully saturated rings. The van der Waals surface area contributed by atoms with Gasteiger partial charge in [-0.2, -0.15) is 0 Å². The first-order valence-corrected chi connectivity index (χ1v) is 4.09. The molecule has 1 aromatic heterocycles. The average molecular weight is 182 g/mol. The predicted molar refractivity (Wildman–Crippen MR) is 50.6 cm³/mol. The highest BCUT2D eigenvalue weighted by Crippen LogP contribution is 2.10. The third-order valence-corrected chi connectivity index (χ3v) is 1.48. The van der Waals surface area contributed by atoms with E-state index in [9.17, 15) is 0 Å². The summed E-state index contributed by atoms with van der Waals surface area (Å²) in [5, 5.41) is 0. The molecule has 1 heterocycles. The summed E-state index contributed by atoms with van der Waals surface area (Å²) in [6.45, 7) is 2.47. The Kier molecular flexibility index (Phi) is 3.52. The predicted octanol–water partition coefficient (Wildman–Crippen LogP) is 1.08. The van der Waals surface area contributed by atoms with E-state index in [1.165, 1.54) is 0 Å². The van der Waals surface area contributed by atoms with Crippen molar-refractivity contribution in [2.75, 3.05) is 19.5 Å². The van der Waals surface area contributed by atoms with Crippen LogP contribution in [0.5, 0.6) is 5.88 Å². The van der Waals surface area contributed by atoms with Crippen LogP contribution in [-0.2, 0) is 4.74 Å². The smallest absolute Gasteiger partial charge is 0.213 e. The van der Waals surface area contributed by atoms with E-state index in [0.29, 0.717) is 18.2 Å². The molecule has 0 amide bonds. The van der Waals surface area contributed by atoms with Crippen molar-refractivity contribution in [3.05, 3.63) is 18.3 Å². The van der Waals surface area contributed by atoms with Gasteiger partial charge in [0.25, 0.3) is 0 Å².